The summed E-state index contributed by atoms with van der Waals surface area (Å²) >= 11 is 0. The summed E-state index contributed by atoms with van der Waals surface area (Å²) in [4.78, 5) is 37.6. The molecule has 0 radical (unpaired) electrons. The van der Waals surface area contributed by atoms with Crippen molar-refractivity contribution < 1.29 is 32.7 Å². The second-order valence-corrected chi connectivity index (χ2v) is 7.40. The lowest BCUT2D eigenvalue weighted by atomic mass is 10.0. The van der Waals surface area contributed by atoms with E-state index in [1.54, 1.807) is 36.4 Å². The van der Waals surface area contributed by atoms with Crippen molar-refractivity contribution >= 4 is 17.6 Å². The van der Waals surface area contributed by atoms with Gasteiger partial charge in [0.05, 0.1) is 12.2 Å². The monoisotopic (exact) mass is 470 g/mol. The fourth-order valence-electron chi connectivity index (χ4n) is 3.12. The summed E-state index contributed by atoms with van der Waals surface area (Å²) in [5.41, 5.74) is 0.463. The molecule has 0 saturated heterocycles. The largest absolute Gasteiger partial charge is 0.416 e. The lowest BCUT2D eigenvalue weighted by Gasteiger charge is -2.17. The zero-order valence-electron chi connectivity index (χ0n) is 17.8. The van der Waals surface area contributed by atoms with Crippen LogP contribution in [-0.2, 0) is 17.5 Å². The van der Waals surface area contributed by atoms with E-state index in [4.69, 9.17) is 0 Å². The minimum absolute atomic E-state index is 0.0929. The number of rotatable bonds is 8. The number of benzene rings is 3. The Balaban J connectivity index is 1.62. The number of amides is 2. The van der Waals surface area contributed by atoms with Crippen LogP contribution in [0.3, 0.4) is 0 Å². The van der Waals surface area contributed by atoms with Gasteiger partial charge in [-0.15, -0.1) is 0 Å². The fourth-order valence-corrected chi connectivity index (χ4v) is 3.12. The van der Waals surface area contributed by atoms with Gasteiger partial charge in [0.15, 0.2) is 5.78 Å². The van der Waals surface area contributed by atoms with Gasteiger partial charge in [0.2, 0.25) is 5.91 Å². The Hall–Kier alpha value is -3.98. The molecule has 0 heterocycles. The van der Waals surface area contributed by atoms with E-state index in [0.717, 1.165) is 12.1 Å². The molecule has 0 aliphatic heterocycles. The highest BCUT2D eigenvalue weighted by molar-refractivity contribution is 6.10. The normalized spacial score (nSPS) is 12.0. The highest BCUT2D eigenvalue weighted by Crippen LogP contribution is 2.29. The molecule has 0 unspecified atom stereocenters. The zero-order valence-corrected chi connectivity index (χ0v) is 17.8. The molecule has 1 atom stereocenters. The molecule has 3 N–H and O–H groups in total. The van der Waals surface area contributed by atoms with Gasteiger partial charge in [-0.25, -0.2) is 0 Å². The van der Waals surface area contributed by atoms with Crippen molar-refractivity contribution in [2.75, 3.05) is 6.61 Å². The van der Waals surface area contributed by atoms with Gasteiger partial charge in [0.1, 0.15) is 6.04 Å². The number of carbonyl (C=O) groups is 3. The Morgan fingerprint density at radius 3 is 2.06 bits per heavy atom. The molecular formula is C25H21F3N2O4. The fraction of sp³-hybridized carbons (Fsp3) is 0.160. The molecule has 34 heavy (non-hydrogen) atoms. The highest BCUT2D eigenvalue weighted by Gasteiger charge is 2.30. The summed E-state index contributed by atoms with van der Waals surface area (Å²) in [5, 5.41) is 14.4. The number of carbonyl (C=O) groups excluding carboxylic acids is 3. The van der Waals surface area contributed by atoms with Crippen molar-refractivity contribution in [3.63, 3.8) is 0 Å². The number of hydrogen-bond acceptors (Lipinski definition) is 4. The highest BCUT2D eigenvalue weighted by atomic mass is 19.4. The maximum atomic E-state index is 12.6. The Morgan fingerprint density at radius 2 is 1.44 bits per heavy atom. The van der Waals surface area contributed by atoms with Gasteiger partial charge in [0.25, 0.3) is 5.91 Å². The van der Waals surface area contributed by atoms with E-state index in [1.165, 1.54) is 30.3 Å². The summed E-state index contributed by atoms with van der Waals surface area (Å²) < 4.78 is 37.9. The van der Waals surface area contributed by atoms with Crippen LogP contribution in [0.15, 0.2) is 78.9 Å². The van der Waals surface area contributed by atoms with Crippen LogP contribution in [0.2, 0.25) is 0 Å². The minimum Gasteiger partial charge on any atom is -0.394 e. The predicted molar refractivity (Wildman–Crippen MR) is 118 cm³/mol. The third-order valence-corrected chi connectivity index (χ3v) is 4.98. The quantitative estimate of drug-likeness (QED) is 0.440. The van der Waals surface area contributed by atoms with E-state index < -0.39 is 36.2 Å². The molecular weight excluding hydrogens is 449 g/mol. The van der Waals surface area contributed by atoms with Gasteiger partial charge < -0.3 is 15.7 Å². The minimum atomic E-state index is -4.46. The molecule has 0 aliphatic carbocycles. The summed E-state index contributed by atoms with van der Waals surface area (Å²) in [6, 6.07) is 17.4. The SMILES string of the molecule is O=C(N[C@@H](CO)C(=O)NCc1ccc(C(F)(F)F)cc1)c1cccc(C(=O)c2ccccc2)c1. The Morgan fingerprint density at radius 1 is 0.824 bits per heavy atom. The summed E-state index contributed by atoms with van der Waals surface area (Å²) in [6.45, 7) is -0.794. The molecule has 0 aliphatic rings. The van der Waals surface area contributed by atoms with Crippen LogP contribution < -0.4 is 10.6 Å². The summed E-state index contributed by atoms with van der Waals surface area (Å²) in [6.07, 6.45) is -4.46. The van der Waals surface area contributed by atoms with E-state index in [9.17, 15) is 32.7 Å². The topological polar surface area (TPSA) is 95.5 Å². The van der Waals surface area contributed by atoms with E-state index in [0.29, 0.717) is 11.1 Å². The number of alkyl halides is 3. The Bertz CT molecular complexity index is 1160. The third kappa shape index (κ3) is 6.29. The smallest absolute Gasteiger partial charge is 0.394 e. The summed E-state index contributed by atoms with van der Waals surface area (Å²) in [7, 11) is 0. The average molecular weight is 470 g/mol. The van der Waals surface area contributed by atoms with Crippen LogP contribution in [0.4, 0.5) is 13.2 Å². The number of nitrogens with one attached hydrogen (secondary N) is 2. The van der Waals surface area contributed by atoms with Crippen molar-refractivity contribution in [1.82, 2.24) is 10.6 Å². The first-order valence-corrected chi connectivity index (χ1v) is 10.2. The van der Waals surface area contributed by atoms with Gasteiger partial charge in [-0.2, -0.15) is 13.2 Å². The van der Waals surface area contributed by atoms with E-state index in [1.807, 2.05) is 0 Å². The van der Waals surface area contributed by atoms with E-state index in [2.05, 4.69) is 10.6 Å². The number of ketones is 1. The van der Waals surface area contributed by atoms with Crippen molar-refractivity contribution in [3.8, 4) is 0 Å². The maximum Gasteiger partial charge on any atom is 0.416 e. The first-order chi connectivity index (χ1) is 16.2. The molecule has 0 bridgehead atoms. The molecule has 9 heteroatoms. The molecule has 6 nitrogen and oxygen atoms in total. The first-order valence-electron chi connectivity index (χ1n) is 10.2. The molecule has 3 rings (SSSR count). The first kappa shape index (κ1) is 24.7. The number of hydrogen-bond donors (Lipinski definition) is 3. The molecule has 0 saturated carbocycles. The molecule has 176 valence electrons. The lowest BCUT2D eigenvalue weighted by Crippen LogP contribution is -2.48. The van der Waals surface area contributed by atoms with Crippen LogP contribution in [0.25, 0.3) is 0 Å². The van der Waals surface area contributed by atoms with Crippen molar-refractivity contribution in [1.29, 1.82) is 0 Å². The third-order valence-electron chi connectivity index (χ3n) is 4.98. The molecule has 2 amide bonds. The van der Waals surface area contributed by atoms with Crippen molar-refractivity contribution in [2.24, 2.45) is 0 Å². The van der Waals surface area contributed by atoms with Crippen molar-refractivity contribution in [3.05, 3.63) is 107 Å². The molecule has 0 spiro atoms. The van der Waals surface area contributed by atoms with Crippen LogP contribution in [0.5, 0.6) is 0 Å². The van der Waals surface area contributed by atoms with E-state index in [-0.39, 0.29) is 23.5 Å². The second-order valence-electron chi connectivity index (χ2n) is 7.40. The zero-order chi connectivity index (χ0) is 24.7. The standard InChI is InChI=1S/C25H21F3N2O4/c26-25(27,28)20-11-9-16(10-12-20)14-29-24(34)21(15-31)30-23(33)19-8-4-7-18(13-19)22(32)17-5-2-1-3-6-17/h1-13,21,31H,14-15H2,(H,29,34)(H,30,33)/t21-/m0/s1. The maximum absolute atomic E-state index is 12.6. The van der Waals surface area contributed by atoms with Crippen LogP contribution in [-0.4, -0.2) is 35.4 Å². The van der Waals surface area contributed by atoms with Gasteiger partial charge in [-0.05, 0) is 29.8 Å². The van der Waals surface area contributed by atoms with Crippen LogP contribution >= 0.6 is 0 Å². The van der Waals surface area contributed by atoms with E-state index >= 15 is 0 Å². The van der Waals surface area contributed by atoms with Crippen molar-refractivity contribution in [2.45, 2.75) is 18.8 Å². The van der Waals surface area contributed by atoms with Gasteiger partial charge in [-0.1, -0.05) is 54.6 Å². The molecule has 0 aromatic heterocycles. The number of halogens is 3. The predicted octanol–water partition coefficient (Wildman–Crippen LogP) is 3.34. The van der Waals surface area contributed by atoms with Gasteiger partial charge in [0, 0.05) is 23.2 Å². The van der Waals surface area contributed by atoms with Crippen LogP contribution in [0, 0.1) is 0 Å². The van der Waals surface area contributed by atoms with Gasteiger partial charge in [-0.3, -0.25) is 14.4 Å². The lowest BCUT2D eigenvalue weighted by molar-refractivity contribution is -0.137. The van der Waals surface area contributed by atoms with Crippen LogP contribution in [0.1, 0.15) is 37.4 Å². The molecule has 3 aromatic carbocycles. The second kappa shape index (κ2) is 10.8. The molecule has 3 aromatic rings. The number of aliphatic hydroxyl groups is 1. The Kier molecular flexibility index (Phi) is 7.80. The summed E-state index contributed by atoms with van der Waals surface area (Å²) in [5.74, 6) is -1.66. The average Bonchev–Trinajstić information content (AvgIpc) is 2.85. The molecule has 0 fully saturated rings. The number of aliphatic hydroxyl groups excluding tert-OH is 1. The Labute approximate surface area is 193 Å². The van der Waals surface area contributed by atoms with Gasteiger partial charge >= 0.3 is 6.18 Å².